The molecule has 1 aromatic rings. The topological polar surface area (TPSA) is 69.2 Å². The third kappa shape index (κ3) is 4.18. The summed E-state index contributed by atoms with van der Waals surface area (Å²) in [5.41, 5.74) is 0. The zero-order valence-corrected chi connectivity index (χ0v) is 12.4. The Morgan fingerprint density at radius 1 is 1.10 bits per heavy atom. The second-order valence-corrected chi connectivity index (χ2v) is 4.17. The van der Waals surface area contributed by atoms with Gasteiger partial charge in [0, 0.05) is 24.8 Å². The summed E-state index contributed by atoms with van der Waals surface area (Å²) in [4.78, 5) is 0. The summed E-state index contributed by atoms with van der Waals surface area (Å²) in [5.74, 6) is 2.25. The molecule has 0 aliphatic rings. The van der Waals surface area contributed by atoms with E-state index in [-0.39, 0.29) is 12.6 Å². The first kappa shape index (κ1) is 16.4. The van der Waals surface area contributed by atoms with Gasteiger partial charge in [-0.25, -0.2) is 0 Å². The number of rotatable bonds is 9. The lowest BCUT2D eigenvalue weighted by molar-refractivity contribution is 0.217. The lowest BCUT2D eigenvalue weighted by atomic mass is 10.2. The molecule has 0 fully saturated rings. The second kappa shape index (κ2) is 8.50. The van der Waals surface area contributed by atoms with Gasteiger partial charge in [0.15, 0.2) is 11.5 Å². The van der Waals surface area contributed by atoms with E-state index in [2.05, 4.69) is 5.32 Å². The molecule has 0 spiro atoms. The van der Waals surface area contributed by atoms with Crippen LogP contribution in [0.3, 0.4) is 0 Å². The first-order valence-corrected chi connectivity index (χ1v) is 6.41. The highest BCUT2D eigenvalue weighted by Crippen LogP contribution is 2.40. The molecule has 0 aliphatic heterocycles. The maximum Gasteiger partial charge on any atom is 0.203 e. The minimum Gasteiger partial charge on any atom is -0.493 e. The zero-order valence-electron chi connectivity index (χ0n) is 12.4. The fourth-order valence-corrected chi connectivity index (χ4v) is 1.80. The zero-order chi connectivity index (χ0) is 15.0. The number of methoxy groups -OCH3 is 3. The number of likely N-dealkylation sites (N-methyl/N-ethyl adjacent to an activating group) is 1. The molecule has 0 amide bonds. The quantitative estimate of drug-likeness (QED) is 0.707. The van der Waals surface area contributed by atoms with Crippen LogP contribution in [0.4, 0.5) is 0 Å². The molecule has 6 nitrogen and oxygen atoms in total. The molecule has 1 aromatic carbocycles. The van der Waals surface area contributed by atoms with Gasteiger partial charge >= 0.3 is 0 Å². The van der Waals surface area contributed by atoms with E-state index in [1.165, 1.54) is 0 Å². The average molecular weight is 285 g/mol. The molecule has 114 valence electrons. The summed E-state index contributed by atoms with van der Waals surface area (Å²) in [5, 5.41) is 12.0. The van der Waals surface area contributed by atoms with Crippen molar-refractivity contribution in [1.29, 1.82) is 0 Å². The molecule has 20 heavy (non-hydrogen) atoms. The van der Waals surface area contributed by atoms with Crippen molar-refractivity contribution in [2.45, 2.75) is 12.5 Å². The Bertz CT molecular complexity index is 386. The number of nitrogens with one attached hydrogen (secondary N) is 1. The molecule has 0 aliphatic carbocycles. The van der Waals surface area contributed by atoms with Crippen LogP contribution in [0.1, 0.15) is 6.42 Å². The van der Waals surface area contributed by atoms with E-state index in [0.29, 0.717) is 36.0 Å². The van der Waals surface area contributed by atoms with Gasteiger partial charge < -0.3 is 29.4 Å². The van der Waals surface area contributed by atoms with Crippen molar-refractivity contribution in [1.82, 2.24) is 5.32 Å². The predicted molar refractivity (Wildman–Crippen MR) is 76.1 cm³/mol. The predicted octanol–water partition coefficient (Wildman–Crippen LogP) is 1.06. The first-order chi connectivity index (χ1) is 9.69. The molecule has 1 atom stereocenters. The van der Waals surface area contributed by atoms with Gasteiger partial charge in [0.2, 0.25) is 5.75 Å². The normalized spacial score (nSPS) is 11.8. The summed E-state index contributed by atoms with van der Waals surface area (Å²) < 4.78 is 21.5. The molecule has 1 rings (SSSR count). The van der Waals surface area contributed by atoms with Crippen molar-refractivity contribution < 1.29 is 24.1 Å². The summed E-state index contributed by atoms with van der Waals surface area (Å²) in [6.45, 7) is 0.555. The number of hydrogen-bond donors (Lipinski definition) is 2. The Morgan fingerprint density at radius 2 is 1.70 bits per heavy atom. The number of hydrogen-bond acceptors (Lipinski definition) is 6. The highest BCUT2D eigenvalue weighted by atomic mass is 16.5. The maximum atomic E-state index is 8.95. The van der Waals surface area contributed by atoms with Crippen LogP contribution >= 0.6 is 0 Å². The Hall–Kier alpha value is -1.66. The van der Waals surface area contributed by atoms with Crippen LogP contribution in [0.2, 0.25) is 0 Å². The van der Waals surface area contributed by atoms with Crippen molar-refractivity contribution >= 4 is 0 Å². The van der Waals surface area contributed by atoms with Gasteiger partial charge in [0.1, 0.15) is 12.4 Å². The third-order valence-corrected chi connectivity index (χ3v) is 2.98. The third-order valence-electron chi connectivity index (χ3n) is 2.98. The largest absolute Gasteiger partial charge is 0.493 e. The van der Waals surface area contributed by atoms with Crippen molar-refractivity contribution in [2.75, 3.05) is 41.6 Å². The Morgan fingerprint density at radius 3 is 2.10 bits per heavy atom. The van der Waals surface area contributed by atoms with Crippen molar-refractivity contribution in [3.05, 3.63) is 12.1 Å². The highest BCUT2D eigenvalue weighted by molar-refractivity contribution is 5.55. The smallest absolute Gasteiger partial charge is 0.203 e. The van der Waals surface area contributed by atoms with Gasteiger partial charge in [-0.3, -0.25) is 0 Å². The van der Waals surface area contributed by atoms with E-state index in [1.54, 1.807) is 33.5 Å². The first-order valence-electron chi connectivity index (χ1n) is 6.41. The van der Waals surface area contributed by atoms with Crippen molar-refractivity contribution in [2.24, 2.45) is 0 Å². The Labute approximate surface area is 119 Å². The molecule has 0 heterocycles. The lowest BCUT2D eigenvalue weighted by Gasteiger charge is -2.18. The molecule has 0 radical (unpaired) electrons. The highest BCUT2D eigenvalue weighted by Gasteiger charge is 2.14. The summed E-state index contributed by atoms with van der Waals surface area (Å²) in [6.07, 6.45) is 0.626. The maximum absolute atomic E-state index is 8.95. The summed E-state index contributed by atoms with van der Waals surface area (Å²) in [6, 6.07) is 3.57. The van der Waals surface area contributed by atoms with Gasteiger partial charge in [-0.15, -0.1) is 0 Å². The van der Waals surface area contributed by atoms with Crippen LogP contribution in [-0.4, -0.2) is 52.7 Å². The average Bonchev–Trinajstić information content (AvgIpc) is 2.49. The Balaban J connectivity index is 2.85. The van der Waals surface area contributed by atoms with E-state index in [1.807, 2.05) is 7.05 Å². The van der Waals surface area contributed by atoms with Crippen molar-refractivity contribution in [3.63, 3.8) is 0 Å². The minimum absolute atomic E-state index is 0.0825. The van der Waals surface area contributed by atoms with Gasteiger partial charge in [-0.2, -0.15) is 0 Å². The van der Waals surface area contributed by atoms with Crippen LogP contribution in [0, 0.1) is 0 Å². The molecule has 1 unspecified atom stereocenters. The molecule has 0 aromatic heterocycles. The van der Waals surface area contributed by atoms with Gasteiger partial charge in [0.25, 0.3) is 0 Å². The molecule has 0 saturated carbocycles. The van der Waals surface area contributed by atoms with E-state index in [0.717, 1.165) is 0 Å². The Kier molecular flexibility index (Phi) is 6.97. The summed E-state index contributed by atoms with van der Waals surface area (Å²) in [7, 11) is 6.50. The van der Waals surface area contributed by atoms with Crippen LogP contribution in [0.5, 0.6) is 23.0 Å². The monoisotopic (exact) mass is 285 g/mol. The number of aliphatic hydroxyl groups is 1. The van der Waals surface area contributed by atoms with Gasteiger partial charge in [-0.1, -0.05) is 0 Å². The van der Waals surface area contributed by atoms with Crippen LogP contribution in [0.25, 0.3) is 0 Å². The number of benzene rings is 1. The van der Waals surface area contributed by atoms with Crippen LogP contribution in [0.15, 0.2) is 12.1 Å². The fraction of sp³-hybridized carbons (Fsp3) is 0.571. The van der Waals surface area contributed by atoms with Gasteiger partial charge in [0.05, 0.1) is 21.3 Å². The molecular weight excluding hydrogens is 262 g/mol. The van der Waals surface area contributed by atoms with E-state index in [4.69, 9.17) is 24.1 Å². The molecular formula is C14H23NO5. The van der Waals surface area contributed by atoms with E-state index < -0.39 is 0 Å². The van der Waals surface area contributed by atoms with E-state index in [9.17, 15) is 0 Å². The molecule has 6 heteroatoms. The number of ether oxygens (including phenoxy) is 4. The SMILES string of the molecule is CNC(CCO)COc1cc(OC)c(OC)c(OC)c1. The second-order valence-electron chi connectivity index (χ2n) is 4.17. The van der Waals surface area contributed by atoms with Crippen LogP contribution < -0.4 is 24.3 Å². The van der Waals surface area contributed by atoms with Crippen molar-refractivity contribution in [3.8, 4) is 23.0 Å². The fourth-order valence-electron chi connectivity index (χ4n) is 1.80. The number of aliphatic hydroxyl groups excluding tert-OH is 1. The lowest BCUT2D eigenvalue weighted by Crippen LogP contribution is -2.32. The molecule has 0 saturated heterocycles. The van der Waals surface area contributed by atoms with Crippen LogP contribution in [-0.2, 0) is 0 Å². The molecule has 2 N–H and O–H groups in total. The summed E-state index contributed by atoms with van der Waals surface area (Å²) >= 11 is 0. The minimum atomic E-state index is 0.0825. The van der Waals surface area contributed by atoms with Gasteiger partial charge in [-0.05, 0) is 13.5 Å². The standard InChI is InChI=1S/C14H23NO5/c1-15-10(5-6-16)9-20-11-7-12(17-2)14(19-4)13(8-11)18-3/h7-8,10,15-16H,5-6,9H2,1-4H3. The molecule has 0 bridgehead atoms. The van der Waals surface area contributed by atoms with E-state index >= 15 is 0 Å².